The van der Waals surface area contributed by atoms with Crippen LogP contribution in [-0.2, 0) is 0 Å². The van der Waals surface area contributed by atoms with Crippen LogP contribution >= 0.6 is 0 Å². The highest BCUT2D eigenvalue weighted by molar-refractivity contribution is 5.12. The molecule has 16 heavy (non-hydrogen) atoms. The van der Waals surface area contributed by atoms with Crippen molar-refractivity contribution in [3.05, 3.63) is 23.8 Å². The number of aliphatic hydroxyl groups excluding tert-OH is 1. The molecule has 0 amide bonds. The van der Waals surface area contributed by atoms with E-state index >= 15 is 0 Å². The van der Waals surface area contributed by atoms with Crippen LogP contribution in [0.25, 0.3) is 0 Å². The van der Waals surface area contributed by atoms with Crippen LogP contribution in [0.4, 0.5) is 0 Å². The zero-order valence-corrected chi connectivity index (χ0v) is 9.50. The van der Waals surface area contributed by atoms with Gasteiger partial charge >= 0.3 is 0 Å². The van der Waals surface area contributed by atoms with Crippen LogP contribution in [0.2, 0.25) is 0 Å². The Morgan fingerprint density at radius 1 is 1.69 bits per heavy atom. The summed E-state index contributed by atoms with van der Waals surface area (Å²) in [6.45, 7) is 2.28. The van der Waals surface area contributed by atoms with E-state index in [1.165, 1.54) is 0 Å². The first kappa shape index (κ1) is 11.4. The second kappa shape index (κ2) is 4.86. The minimum absolute atomic E-state index is 0.161. The van der Waals surface area contributed by atoms with Crippen LogP contribution in [0, 0.1) is 0 Å². The molecule has 0 radical (unpaired) electrons. The number of nitrogens with zero attached hydrogens (tertiary/aromatic N) is 3. The van der Waals surface area contributed by atoms with E-state index < -0.39 is 6.10 Å². The van der Waals surface area contributed by atoms with Crippen LogP contribution in [0.15, 0.2) is 12.3 Å². The summed E-state index contributed by atoms with van der Waals surface area (Å²) in [6, 6.07) is 1.93. The summed E-state index contributed by atoms with van der Waals surface area (Å²) in [5, 5.41) is 9.59. The quantitative estimate of drug-likeness (QED) is 0.746. The van der Waals surface area contributed by atoms with Crippen molar-refractivity contribution in [1.29, 1.82) is 0 Å². The Labute approximate surface area is 95.3 Å². The van der Waals surface area contributed by atoms with Gasteiger partial charge in [0.2, 0.25) is 0 Å². The van der Waals surface area contributed by atoms with Crippen molar-refractivity contribution < 1.29 is 5.11 Å². The van der Waals surface area contributed by atoms with Gasteiger partial charge < -0.3 is 15.7 Å². The Morgan fingerprint density at radius 3 is 3.12 bits per heavy atom. The third-order valence-corrected chi connectivity index (χ3v) is 3.03. The van der Waals surface area contributed by atoms with Gasteiger partial charge in [-0.05, 0) is 26.1 Å². The Morgan fingerprint density at radius 2 is 2.50 bits per heavy atom. The molecule has 1 fully saturated rings. The largest absolute Gasteiger partial charge is 0.384 e. The number of rotatable bonds is 3. The Bertz CT molecular complexity index is 358. The highest BCUT2D eigenvalue weighted by atomic mass is 16.3. The first-order chi connectivity index (χ1) is 7.70. The van der Waals surface area contributed by atoms with E-state index in [1.807, 2.05) is 6.07 Å². The van der Waals surface area contributed by atoms with Crippen LogP contribution in [0.3, 0.4) is 0 Å². The molecule has 0 bridgehead atoms. The maximum atomic E-state index is 9.59. The number of hydrogen-bond acceptors (Lipinski definition) is 5. The van der Waals surface area contributed by atoms with Gasteiger partial charge in [-0.2, -0.15) is 0 Å². The topological polar surface area (TPSA) is 75.3 Å². The third-order valence-electron chi connectivity index (χ3n) is 3.03. The van der Waals surface area contributed by atoms with Gasteiger partial charge in [0.05, 0.1) is 0 Å². The molecule has 1 aliphatic heterocycles. The molecule has 0 aliphatic carbocycles. The average Bonchev–Trinajstić information content (AvgIpc) is 2.75. The van der Waals surface area contributed by atoms with Crippen molar-refractivity contribution in [2.24, 2.45) is 5.73 Å². The van der Waals surface area contributed by atoms with E-state index in [1.54, 1.807) is 6.20 Å². The van der Waals surface area contributed by atoms with Gasteiger partial charge in [0.15, 0.2) is 5.82 Å². The predicted octanol–water partition coefficient (Wildman–Crippen LogP) is -0.112. The van der Waals surface area contributed by atoms with Gasteiger partial charge in [-0.25, -0.2) is 9.97 Å². The maximum Gasteiger partial charge on any atom is 0.158 e. The molecule has 5 nitrogen and oxygen atoms in total. The second-order valence-electron chi connectivity index (χ2n) is 4.34. The third kappa shape index (κ3) is 2.37. The lowest BCUT2D eigenvalue weighted by molar-refractivity contribution is 0.176. The standard InChI is InChI=1S/C11H18N4O/c1-15-5-3-8(7-15)9-2-4-13-11(14-9)10(16)6-12/h2,4,8,10,16H,3,5-7,12H2,1H3. The van der Waals surface area contributed by atoms with Crippen LogP contribution in [-0.4, -0.2) is 46.7 Å². The van der Waals surface area contributed by atoms with Gasteiger partial charge in [0.1, 0.15) is 6.10 Å². The van der Waals surface area contributed by atoms with Crippen molar-refractivity contribution in [2.45, 2.75) is 18.4 Å². The molecule has 1 aromatic rings. The predicted molar refractivity (Wildman–Crippen MR) is 60.9 cm³/mol. The van der Waals surface area contributed by atoms with E-state index in [9.17, 15) is 5.11 Å². The van der Waals surface area contributed by atoms with Crippen LogP contribution < -0.4 is 5.73 Å². The molecular weight excluding hydrogens is 204 g/mol. The summed E-state index contributed by atoms with van der Waals surface area (Å²) in [7, 11) is 2.11. The maximum absolute atomic E-state index is 9.59. The van der Waals surface area contributed by atoms with E-state index in [-0.39, 0.29) is 6.54 Å². The first-order valence-electron chi connectivity index (χ1n) is 5.60. The summed E-state index contributed by atoms with van der Waals surface area (Å²) in [6.07, 6.45) is 2.07. The van der Waals surface area contributed by atoms with Crippen molar-refractivity contribution in [3.8, 4) is 0 Å². The molecule has 1 aromatic heterocycles. The molecule has 2 atom stereocenters. The molecule has 2 rings (SSSR count). The molecule has 0 aromatic carbocycles. The summed E-state index contributed by atoms with van der Waals surface area (Å²) in [4.78, 5) is 10.7. The highest BCUT2D eigenvalue weighted by Crippen LogP contribution is 2.24. The van der Waals surface area contributed by atoms with Crippen molar-refractivity contribution >= 4 is 0 Å². The minimum Gasteiger partial charge on any atom is -0.384 e. The van der Waals surface area contributed by atoms with Gasteiger partial charge in [0.25, 0.3) is 0 Å². The summed E-state index contributed by atoms with van der Waals surface area (Å²) in [5.41, 5.74) is 6.41. The zero-order chi connectivity index (χ0) is 11.5. The van der Waals surface area contributed by atoms with Gasteiger partial charge in [0, 0.05) is 30.9 Å². The molecule has 0 spiro atoms. The Balaban J connectivity index is 2.16. The molecule has 0 saturated carbocycles. The molecule has 3 N–H and O–H groups in total. The smallest absolute Gasteiger partial charge is 0.158 e. The summed E-state index contributed by atoms with van der Waals surface area (Å²) < 4.78 is 0. The second-order valence-corrected chi connectivity index (χ2v) is 4.34. The summed E-state index contributed by atoms with van der Waals surface area (Å²) in [5.74, 6) is 0.895. The Kier molecular flexibility index (Phi) is 3.48. The van der Waals surface area contributed by atoms with Crippen molar-refractivity contribution in [2.75, 3.05) is 26.7 Å². The lowest BCUT2D eigenvalue weighted by Crippen LogP contribution is -2.17. The van der Waals surface area contributed by atoms with Crippen molar-refractivity contribution in [1.82, 2.24) is 14.9 Å². The molecular formula is C11H18N4O. The van der Waals surface area contributed by atoms with E-state index in [0.29, 0.717) is 11.7 Å². The number of likely N-dealkylation sites (tertiary alicyclic amines) is 1. The zero-order valence-electron chi connectivity index (χ0n) is 9.50. The van der Waals surface area contributed by atoms with Gasteiger partial charge in [-0.15, -0.1) is 0 Å². The lowest BCUT2D eigenvalue weighted by Gasteiger charge is -2.12. The van der Waals surface area contributed by atoms with Gasteiger partial charge in [-0.1, -0.05) is 0 Å². The lowest BCUT2D eigenvalue weighted by atomic mass is 10.0. The van der Waals surface area contributed by atoms with E-state index in [4.69, 9.17) is 5.73 Å². The fraction of sp³-hybridized carbons (Fsp3) is 0.636. The van der Waals surface area contributed by atoms with E-state index in [2.05, 4.69) is 21.9 Å². The number of hydrogen-bond donors (Lipinski definition) is 2. The number of likely N-dealkylation sites (N-methyl/N-ethyl adjacent to an activating group) is 1. The normalized spacial score (nSPS) is 23.6. The first-order valence-corrected chi connectivity index (χ1v) is 5.60. The average molecular weight is 222 g/mol. The number of aliphatic hydroxyl groups is 1. The fourth-order valence-electron chi connectivity index (χ4n) is 2.06. The minimum atomic E-state index is -0.751. The monoisotopic (exact) mass is 222 g/mol. The molecule has 2 heterocycles. The SMILES string of the molecule is CN1CCC(c2ccnc(C(O)CN)n2)C1. The molecule has 2 unspecified atom stereocenters. The molecule has 1 aliphatic rings. The van der Waals surface area contributed by atoms with Crippen molar-refractivity contribution in [3.63, 3.8) is 0 Å². The van der Waals surface area contributed by atoms with E-state index in [0.717, 1.165) is 25.2 Å². The number of aromatic nitrogens is 2. The fourth-order valence-corrected chi connectivity index (χ4v) is 2.06. The summed E-state index contributed by atoms with van der Waals surface area (Å²) >= 11 is 0. The number of nitrogens with two attached hydrogens (primary N) is 1. The Hall–Kier alpha value is -1.04. The van der Waals surface area contributed by atoms with Gasteiger partial charge in [-0.3, -0.25) is 0 Å². The highest BCUT2D eigenvalue weighted by Gasteiger charge is 2.23. The van der Waals surface area contributed by atoms with Crippen LogP contribution in [0.1, 0.15) is 30.0 Å². The molecule has 5 heteroatoms. The molecule has 88 valence electrons. The van der Waals surface area contributed by atoms with Crippen LogP contribution in [0.5, 0.6) is 0 Å². The molecule has 1 saturated heterocycles.